The summed E-state index contributed by atoms with van der Waals surface area (Å²) in [6, 6.07) is 5.33. The van der Waals surface area contributed by atoms with Gasteiger partial charge in [0, 0.05) is 17.0 Å². The predicted molar refractivity (Wildman–Crippen MR) is 115 cm³/mol. The topological polar surface area (TPSA) is 64.1 Å². The first-order valence-corrected chi connectivity index (χ1v) is 9.42. The number of nitrogens with two attached hydrogens (primary N) is 1. The lowest BCUT2D eigenvalue weighted by Gasteiger charge is -2.07. The number of nitrogens with zero attached hydrogens (tertiary/aromatic N) is 1. The van der Waals surface area contributed by atoms with Crippen molar-refractivity contribution in [1.82, 2.24) is 4.98 Å². The molecule has 3 rings (SSSR count). The summed E-state index contributed by atoms with van der Waals surface area (Å²) in [5, 5.41) is 3.74. The Balaban J connectivity index is 0.00000169. The van der Waals surface area contributed by atoms with Crippen molar-refractivity contribution in [2.24, 2.45) is 5.73 Å². The van der Waals surface area contributed by atoms with Gasteiger partial charge in [-0.1, -0.05) is 11.6 Å². The van der Waals surface area contributed by atoms with Crippen molar-refractivity contribution in [1.29, 1.82) is 0 Å². The monoisotopic (exact) mass is 503 g/mol. The van der Waals surface area contributed by atoms with E-state index in [1.807, 2.05) is 12.1 Å². The quantitative estimate of drug-likeness (QED) is 0.387. The van der Waals surface area contributed by atoms with Gasteiger partial charge in [-0.2, -0.15) is 0 Å². The number of pyridine rings is 1. The highest BCUT2D eigenvalue weighted by Crippen LogP contribution is 2.40. The summed E-state index contributed by atoms with van der Waals surface area (Å²) in [7, 11) is 0. The average molecular weight is 506 g/mol. The van der Waals surface area contributed by atoms with Crippen molar-refractivity contribution in [2.75, 3.05) is 12.0 Å². The molecule has 10 heteroatoms. The summed E-state index contributed by atoms with van der Waals surface area (Å²) in [5.74, 6) is 0.830. The lowest BCUT2D eigenvalue weighted by atomic mass is 10.1. The molecule has 0 bridgehead atoms. The minimum absolute atomic E-state index is 0. The summed E-state index contributed by atoms with van der Waals surface area (Å²) in [6.45, 7) is 0.137. The molecule has 0 aliphatic carbocycles. The Labute approximate surface area is 180 Å². The van der Waals surface area contributed by atoms with Gasteiger partial charge in [0.05, 0.1) is 39.9 Å². The van der Waals surface area contributed by atoms with E-state index in [0.29, 0.717) is 24.5 Å². The van der Waals surface area contributed by atoms with Gasteiger partial charge in [0.15, 0.2) is 0 Å². The van der Waals surface area contributed by atoms with Crippen LogP contribution in [-0.2, 0) is 13.0 Å². The number of furan rings is 1. The highest BCUT2D eigenvalue weighted by atomic mass is 79.9. The fourth-order valence-corrected chi connectivity index (χ4v) is 4.62. The maximum atomic E-state index is 12.5. The molecule has 0 fully saturated rings. The second-order valence-electron chi connectivity index (χ2n) is 5.38. The minimum Gasteiger partial charge on any atom is -0.467 e. The smallest absolute Gasteiger partial charge is 0.131 e. The van der Waals surface area contributed by atoms with Crippen LogP contribution < -0.4 is 11.1 Å². The number of thiophene rings is 1. The van der Waals surface area contributed by atoms with Crippen LogP contribution in [0.4, 0.5) is 10.1 Å². The maximum absolute atomic E-state index is 12.5. The van der Waals surface area contributed by atoms with E-state index >= 15 is 0 Å². The van der Waals surface area contributed by atoms with Gasteiger partial charge in [0.2, 0.25) is 0 Å². The van der Waals surface area contributed by atoms with Crippen LogP contribution in [0.5, 0.6) is 0 Å². The molecular weight excluding hydrogens is 488 g/mol. The van der Waals surface area contributed by atoms with Crippen molar-refractivity contribution in [3.8, 4) is 0 Å². The fourth-order valence-electron chi connectivity index (χ4n) is 2.39. The molecule has 0 unspecified atom stereocenters. The lowest BCUT2D eigenvalue weighted by Crippen LogP contribution is -2.22. The summed E-state index contributed by atoms with van der Waals surface area (Å²) >= 11 is 11.3. The molecule has 1 atom stereocenters. The molecule has 144 valence electrons. The van der Waals surface area contributed by atoms with Crippen LogP contribution in [0.3, 0.4) is 0 Å². The summed E-state index contributed by atoms with van der Waals surface area (Å²) in [6.07, 6.45) is 2.58. The number of fused-ring (bicyclic) bond motifs is 1. The van der Waals surface area contributed by atoms with Gasteiger partial charge < -0.3 is 15.5 Å². The summed E-state index contributed by atoms with van der Waals surface area (Å²) in [5.41, 5.74) is 7.64. The largest absolute Gasteiger partial charge is 0.467 e. The molecule has 0 spiro atoms. The first-order valence-electron chi connectivity index (χ1n) is 7.43. The number of aromatic nitrogens is 1. The minimum atomic E-state index is -0.413. The van der Waals surface area contributed by atoms with E-state index in [9.17, 15) is 4.39 Å². The maximum Gasteiger partial charge on any atom is 0.131 e. The van der Waals surface area contributed by atoms with Crippen molar-refractivity contribution >= 4 is 79.6 Å². The van der Waals surface area contributed by atoms with E-state index in [1.165, 1.54) is 0 Å². The third kappa shape index (κ3) is 5.47. The first kappa shape index (κ1) is 23.5. The molecule has 3 aromatic heterocycles. The third-order valence-corrected chi connectivity index (χ3v) is 6.13. The molecule has 0 amide bonds. The Kier molecular flexibility index (Phi) is 9.64. The highest BCUT2D eigenvalue weighted by Gasteiger charge is 2.17. The Hall–Kier alpha value is -0.570. The van der Waals surface area contributed by atoms with Gasteiger partial charge in [-0.05, 0) is 40.9 Å². The van der Waals surface area contributed by atoms with Gasteiger partial charge in [-0.15, -0.1) is 36.2 Å². The molecule has 0 radical (unpaired) electrons. The highest BCUT2D eigenvalue weighted by molar-refractivity contribution is 9.10. The van der Waals surface area contributed by atoms with Crippen LogP contribution in [0.2, 0.25) is 5.15 Å². The predicted octanol–water partition coefficient (Wildman–Crippen LogP) is 5.99. The Morgan fingerprint density at radius 3 is 2.85 bits per heavy atom. The van der Waals surface area contributed by atoms with Crippen molar-refractivity contribution < 1.29 is 8.81 Å². The van der Waals surface area contributed by atoms with E-state index in [0.717, 1.165) is 31.0 Å². The van der Waals surface area contributed by atoms with Crippen molar-refractivity contribution in [3.05, 3.63) is 44.7 Å². The van der Waals surface area contributed by atoms with E-state index in [4.69, 9.17) is 21.8 Å². The number of hydrogen-bond acceptors (Lipinski definition) is 5. The number of anilines is 1. The van der Waals surface area contributed by atoms with Crippen LogP contribution in [0.15, 0.2) is 33.4 Å². The first-order chi connectivity index (χ1) is 11.6. The molecule has 0 aliphatic heterocycles. The summed E-state index contributed by atoms with van der Waals surface area (Å²) in [4.78, 5) is 5.45. The molecule has 0 saturated heterocycles. The molecule has 4 nitrogen and oxygen atoms in total. The van der Waals surface area contributed by atoms with Gasteiger partial charge in [-0.25, -0.2) is 4.98 Å². The van der Waals surface area contributed by atoms with Crippen LogP contribution in [0.1, 0.15) is 17.1 Å². The number of hydrogen-bond donors (Lipinski definition) is 2. The van der Waals surface area contributed by atoms with E-state index < -0.39 is 6.67 Å². The number of alkyl halides is 1. The number of rotatable bonds is 7. The van der Waals surface area contributed by atoms with Crippen LogP contribution in [0.25, 0.3) is 10.2 Å². The SMILES string of the molecule is Cl.Cl.N[C@@H](CCF)Cc1sc2c(NCc3ccco3)cc(Cl)nc2c1Br. The standard InChI is InChI=1S/C16H16BrClFN3OS.2ClH/c17-14-12(6-9(20)3-4-19)24-16-11(7-13(18)22-15(14)16)21-8-10-2-1-5-23-10;;/h1-2,5,7,9H,3-4,6,8,20H2,(H,21,22);2*1H/t9-;;/m0../s1. The third-order valence-electron chi connectivity index (χ3n) is 3.58. The van der Waals surface area contributed by atoms with Gasteiger partial charge in [0.1, 0.15) is 10.9 Å². The number of halogens is 5. The van der Waals surface area contributed by atoms with E-state index in [-0.39, 0.29) is 30.9 Å². The zero-order chi connectivity index (χ0) is 17.1. The summed E-state index contributed by atoms with van der Waals surface area (Å²) < 4.78 is 19.7. The molecule has 3 aromatic rings. The fraction of sp³-hybridized carbons (Fsp3) is 0.312. The Morgan fingerprint density at radius 1 is 1.42 bits per heavy atom. The molecular formula is C16H18BrCl3FN3OS. The Morgan fingerprint density at radius 2 is 2.19 bits per heavy atom. The lowest BCUT2D eigenvalue weighted by molar-refractivity contribution is 0.436. The van der Waals surface area contributed by atoms with E-state index in [1.54, 1.807) is 23.7 Å². The number of nitrogens with one attached hydrogen (secondary N) is 1. The zero-order valence-corrected chi connectivity index (χ0v) is 18.3. The van der Waals surface area contributed by atoms with Crippen LogP contribution >= 0.6 is 63.7 Å². The molecule has 26 heavy (non-hydrogen) atoms. The van der Waals surface area contributed by atoms with Crippen molar-refractivity contribution in [3.63, 3.8) is 0 Å². The molecule has 0 aromatic carbocycles. The van der Waals surface area contributed by atoms with Gasteiger partial charge >= 0.3 is 0 Å². The Bertz CT molecular complexity index is 832. The molecule has 3 heterocycles. The normalized spacial score (nSPS) is 11.7. The average Bonchev–Trinajstić information content (AvgIpc) is 3.15. The van der Waals surface area contributed by atoms with Gasteiger partial charge in [0.25, 0.3) is 0 Å². The van der Waals surface area contributed by atoms with Crippen LogP contribution in [0, 0.1) is 0 Å². The van der Waals surface area contributed by atoms with Crippen LogP contribution in [-0.4, -0.2) is 17.7 Å². The molecule has 0 saturated carbocycles. The molecule has 0 aliphatic rings. The van der Waals surface area contributed by atoms with E-state index in [2.05, 4.69) is 26.2 Å². The second kappa shape index (κ2) is 10.7. The van der Waals surface area contributed by atoms with Crippen molar-refractivity contribution in [2.45, 2.75) is 25.4 Å². The van der Waals surface area contributed by atoms with Gasteiger partial charge in [-0.3, -0.25) is 4.39 Å². The zero-order valence-electron chi connectivity index (χ0n) is 13.5. The second-order valence-corrected chi connectivity index (χ2v) is 7.67. The molecule has 3 N–H and O–H groups in total.